The first-order valence-corrected chi connectivity index (χ1v) is 38.3. The highest BCUT2D eigenvalue weighted by atomic mass is 16.4. The van der Waals surface area contributed by atoms with Crippen molar-refractivity contribution in [3.63, 3.8) is 0 Å². The lowest BCUT2D eigenvalue weighted by molar-refractivity contribution is -0.660. The van der Waals surface area contributed by atoms with Crippen LogP contribution in [-0.2, 0) is 34.6 Å². The van der Waals surface area contributed by atoms with Crippen LogP contribution in [0.4, 0.5) is 0 Å². The maximum atomic E-state index is 9.02. The third-order valence-electron chi connectivity index (χ3n) is 21.8. The molecule has 16 aromatic rings. The van der Waals surface area contributed by atoms with E-state index < -0.39 is 56.4 Å². The summed E-state index contributed by atoms with van der Waals surface area (Å²) in [6.07, 6.45) is 5.11. The number of fused-ring (bicyclic) bond motifs is 12. The van der Waals surface area contributed by atoms with Gasteiger partial charge in [0.2, 0.25) is 45.6 Å². The molecule has 12 aromatic heterocycles. The smallest absolute Gasteiger partial charge is 0.227 e. The first-order valence-electron chi connectivity index (χ1n) is 46.3. The molecule has 4 aromatic carbocycles. The third-order valence-corrected chi connectivity index (χ3v) is 21.8. The maximum Gasteiger partial charge on any atom is 0.227 e. The second-order valence-corrected chi connectivity index (χ2v) is 30.2. The molecule has 2 fully saturated rings. The van der Waals surface area contributed by atoms with Gasteiger partial charge < -0.3 is 17.7 Å². The molecule has 0 saturated heterocycles. The fourth-order valence-electron chi connectivity index (χ4n) is 15.2. The summed E-state index contributed by atoms with van der Waals surface area (Å²) in [6.45, 7) is 18.8. The number of nitrogens with zero attached hydrogens (tertiary/aromatic N) is 8. The Morgan fingerprint density at radius 2 is 0.718 bits per heavy atom. The van der Waals surface area contributed by atoms with Crippen molar-refractivity contribution >= 4 is 88.3 Å². The van der Waals surface area contributed by atoms with Crippen LogP contribution in [0.2, 0.25) is 0 Å². The van der Waals surface area contributed by atoms with Crippen LogP contribution in [0.5, 0.6) is 0 Å². The van der Waals surface area contributed by atoms with Crippen LogP contribution in [0.25, 0.3) is 133 Å². The monoisotopic (exact) mass is 1480 g/mol. The van der Waals surface area contributed by atoms with Gasteiger partial charge in [0.05, 0.1) is 22.3 Å². The zero-order valence-electron chi connectivity index (χ0n) is 82.0. The molecule has 12 heterocycles. The summed E-state index contributed by atoms with van der Waals surface area (Å²) in [5.41, 5.74) is 22.3. The largest absolute Gasteiger partial charge is 0.437 e. The van der Waals surface area contributed by atoms with Crippen molar-refractivity contribution < 1.29 is 57.9 Å². The molecule has 560 valence electrons. The Bertz CT molecular complexity index is 6980. The van der Waals surface area contributed by atoms with Crippen LogP contribution < -0.4 is 18.3 Å². The average Bonchev–Trinajstić information content (AvgIpc) is 1.73. The number of furan rings is 4. The molecular weight excluding hydrogens is 1350 g/mol. The molecule has 2 aliphatic rings. The maximum absolute atomic E-state index is 9.02. The Morgan fingerprint density at radius 1 is 0.391 bits per heavy atom. The molecule has 2 aliphatic carbocycles. The number of benzene rings is 4. The number of hydrogen-bond acceptors (Lipinski definition) is 8. The summed E-state index contributed by atoms with van der Waals surface area (Å²) in [6, 6.07) is 47.2. The molecule has 0 amide bonds. The number of hydrogen-bond donors (Lipinski definition) is 0. The second kappa shape index (κ2) is 31.0. The molecule has 0 spiro atoms. The van der Waals surface area contributed by atoms with Crippen LogP contribution in [0.1, 0.15) is 244 Å². The number of pyridine rings is 8. The Labute approximate surface area is 670 Å². The summed E-state index contributed by atoms with van der Waals surface area (Å²) < 4.78 is 165. The van der Waals surface area contributed by atoms with Crippen molar-refractivity contribution in [2.24, 2.45) is 28.2 Å². The van der Waals surface area contributed by atoms with Gasteiger partial charge in [0.25, 0.3) is 0 Å². The van der Waals surface area contributed by atoms with Gasteiger partial charge in [-0.2, -0.15) is 0 Å². The van der Waals surface area contributed by atoms with Gasteiger partial charge in [-0.1, -0.05) is 143 Å². The van der Waals surface area contributed by atoms with E-state index in [0.717, 1.165) is 139 Å². The highest BCUT2D eigenvalue weighted by Crippen LogP contribution is 2.44. The number of aryl methyl sites for hydroxylation is 10. The van der Waals surface area contributed by atoms with Gasteiger partial charge in [0.1, 0.15) is 28.2 Å². The summed E-state index contributed by atoms with van der Waals surface area (Å²) in [5.74, 6) is -6.10. The van der Waals surface area contributed by atoms with E-state index in [9.17, 15) is 0 Å². The average molecular weight is 1480 g/mol. The Kier molecular flexibility index (Phi) is 16.2. The molecule has 110 heavy (non-hydrogen) atoms. The zero-order chi connectivity index (χ0) is 91.2. The van der Waals surface area contributed by atoms with Gasteiger partial charge in [-0.25, -0.2) is 38.2 Å². The van der Waals surface area contributed by atoms with Gasteiger partial charge in [-0.15, -0.1) is 0 Å². The van der Waals surface area contributed by atoms with Crippen molar-refractivity contribution in [3.05, 3.63) is 238 Å². The van der Waals surface area contributed by atoms with Gasteiger partial charge >= 0.3 is 0 Å². The van der Waals surface area contributed by atoms with E-state index in [2.05, 4.69) is 120 Å². The molecule has 12 nitrogen and oxygen atoms in total. The minimum absolute atomic E-state index is 0.0735. The lowest BCUT2D eigenvalue weighted by Gasteiger charge is -2.20. The molecule has 2 saturated carbocycles. The highest BCUT2D eigenvalue weighted by Gasteiger charge is 2.29. The van der Waals surface area contributed by atoms with Crippen LogP contribution in [-0.4, -0.2) is 19.9 Å². The lowest BCUT2D eigenvalue weighted by atomic mass is 9.86. The van der Waals surface area contributed by atoms with Crippen LogP contribution >= 0.6 is 0 Å². The molecule has 0 radical (unpaired) electrons. The minimum atomic E-state index is -2.44. The minimum Gasteiger partial charge on any atom is -0.437 e. The first-order chi connectivity index (χ1) is 59.0. The molecule has 0 N–H and O–H groups in total. The first kappa shape index (κ1) is 57.4. The zero-order valence-corrected chi connectivity index (χ0v) is 66.0. The number of rotatable bonds is 11. The molecule has 12 heteroatoms. The van der Waals surface area contributed by atoms with E-state index in [4.69, 9.17) is 44.6 Å². The predicted octanol–water partition coefficient (Wildman–Crippen LogP) is 24.2. The van der Waals surface area contributed by atoms with Crippen molar-refractivity contribution in [3.8, 4) is 45.0 Å². The molecular formula is C98H108N8O4+4. The van der Waals surface area contributed by atoms with Gasteiger partial charge in [-0.3, -0.25) is 0 Å². The van der Waals surface area contributed by atoms with E-state index in [1.54, 1.807) is 48.8 Å². The molecule has 0 bridgehead atoms. The molecule has 3 unspecified atom stereocenters. The third kappa shape index (κ3) is 14.4. The highest BCUT2D eigenvalue weighted by molar-refractivity contribution is 6.12. The van der Waals surface area contributed by atoms with E-state index in [1.165, 1.54) is 25.0 Å². The van der Waals surface area contributed by atoms with E-state index >= 15 is 0 Å². The van der Waals surface area contributed by atoms with Gasteiger partial charge in [-0.05, 0) is 183 Å². The summed E-state index contributed by atoms with van der Waals surface area (Å²) in [4.78, 5) is 18.4. The lowest BCUT2D eigenvalue weighted by Crippen LogP contribution is -2.31. The van der Waals surface area contributed by atoms with Crippen LogP contribution in [0, 0.1) is 34.6 Å². The van der Waals surface area contributed by atoms with Gasteiger partial charge in [0, 0.05) is 148 Å². The fraction of sp³-hybridized carbons (Fsp3) is 0.347. The van der Waals surface area contributed by atoms with E-state index in [1.807, 2.05) is 132 Å². The van der Waals surface area contributed by atoms with E-state index in [0.29, 0.717) is 88.4 Å². The Balaban J connectivity index is 0.000000130. The molecule has 18 rings (SSSR count). The summed E-state index contributed by atoms with van der Waals surface area (Å²) in [7, 11) is 7.86. The Morgan fingerprint density at radius 3 is 1.09 bits per heavy atom. The standard InChI is InChI=1S/C27H31N2O.C26H29N2O.C23H25N2O.C22H23N2O/c1-17(2)20-14-15-29(4)24(16-20)25-18(3)10-11-21-22-12-13-23(19-8-6-5-7-9-19)28-27(22)30-26(21)25;1-16(2)19-13-14-28(4)23(15-19)24-17(3)9-10-20-21-11-12-22(18-7-5-6-8-18)27-26(21)29-25(20)24;1-6-17-8-10-19-18-9-7-15(4)21(22(18)26-23(19)24-17)20-13-16(14(2)3)11-12-25(20)5;1-13(2)16-10-11-24(5)19(12-16)20-14(3)6-8-17-18-9-7-15(4)23-22(18)25-21(17)20/h10-17,19H,5-9H2,1-4H3;9-16,18H,5-8H2,1-4H3;7-14H,6H2,1-5H3;6-13H,1-5H3/q4*+1/i8D2,9D2,19D;7D2,18D;2D3,14D;1D3,13D. The van der Waals surface area contributed by atoms with Crippen molar-refractivity contribution in [2.75, 3.05) is 0 Å². The van der Waals surface area contributed by atoms with E-state index in [-0.39, 0.29) is 18.5 Å². The topological polar surface area (TPSA) is 120 Å². The van der Waals surface area contributed by atoms with Crippen molar-refractivity contribution in [1.29, 1.82) is 0 Å². The molecule has 0 aliphatic heterocycles. The summed E-state index contributed by atoms with van der Waals surface area (Å²) in [5, 5.41) is 7.38. The Hall–Kier alpha value is -10.7. The molecule has 3 atom stereocenters. The fourth-order valence-corrected chi connectivity index (χ4v) is 15.2. The van der Waals surface area contributed by atoms with Gasteiger partial charge in [0.15, 0.2) is 47.1 Å². The predicted molar refractivity (Wildman–Crippen MR) is 449 cm³/mol. The second-order valence-electron chi connectivity index (χ2n) is 30.2. The normalized spacial score (nSPS) is 19.9. The van der Waals surface area contributed by atoms with Crippen molar-refractivity contribution in [1.82, 2.24) is 19.9 Å². The summed E-state index contributed by atoms with van der Waals surface area (Å²) >= 11 is 0. The quantitative estimate of drug-likeness (QED) is 0.117. The van der Waals surface area contributed by atoms with Crippen LogP contribution in [0.3, 0.4) is 0 Å². The number of aromatic nitrogens is 8. The van der Waals surface area contributed by atoms with Crippen LogP contribution in [0.15, 0.2) is 188 Å². The SMILES string of the molecule is [2H]C([2H])([2H])C([2H])(C)c1cc[n+](C)c(-c2c(C)ccc3c2oc2nc(C)ccc23)c1.[2H]C([2H])([2H])C([2H])(C)c1cc[n+](C)c(-c2c(C)ccc3c2oc2nc(CC)ccc23)c1.[2H]C1([2H])CCCC([2H])([2H])C1([2H])c1ccc2c(n1)oc1c(-c3cc(C(C)C)cc[n+]3C)c(C)ccc12.[2H]C1([2H])CCCC1([2H])c1ccc2c(n1)oc1c(-c3cc(C(C)C)cc[n+]3C)c(C)ccc12. The van der Waals surface area contributed by atoms with Crippen molar-refractivity contribution in [2.45, 2.75) is 196 Å².